The Morgan fingerprint density at radius 1 is 0.633 bits per heavy atom. The van der Waals surface area contributed by atoms with Gasteiger partial charge in [-0.3, -0.25) is 0 Å². The average Bonchev–Trinajstić information content (AvgIpc) is 2.82. The second-order valence-corrected chi connectivity index (χ2v) is 8.39. The molecule has 2 nitrogen and oxygen atoms in total. The van der Waals surface area contributed by atoms with Gasteiger partial charge in [0.2, 0.25) is 0 Å². The maximum absolute atomic E-state index is 10.3. The molecule has 3 heteroatoms. The SMILES string of the molecule is C=Cc1ccc(C(=O)[O-])cc1.c1ccc([S+](c2ccccc2)c2ccccc2)cc1. The Morgan fingerprint density at radius 2 is 1.00 bits per heavy atom. The summed E-state index contributed by atoms with van der Waals surface area (Å²) >= 11 is 0. The monoisotopic (exact) mass is 410 g/mol. The zero-order valence-corrected chi connectivity index (χ0v) is 17.3. The Hall–Kier alpha value is -3.56. The van der Waals surface area contributed by atoms with Crippen molar-refractivity contribution in [3.63, 3.8) is 0 Å². The van der Waals surface area contributed by atoms with Crippen LogP contribution in [0.4, 0.5) is 0 Å². The van der Waals surface area contributed by atoms with Gasteiger partial charge in [-0.05, 0) is 47.5 Å². The lowest BCUT2D eigenvalue weighted by molar-refractivity contribution is -0.255. The van der Waals surface area contributed by atoms with Crippen LogP contribution in [0.5, 0.6) is 0 Å². The van der Waals surface area contributed by atoms with Gasteiger partial charge in [-0.25, -0.2) is 0 Å². The molecule has 148 valence electrons. The van der Waals surface area contributed by atoms with E-state index in [1.165, 1.54) is 26.8 Å². The summed E-state index contributed by atoms with van der Waals surface area (Å²) in [7, 11) is -0.0146. The molecule has 0 amide bonds. The van der Waals surface area contributed by atoms with E-state index in [2.05, 4.69) is 97.6 Å². The van der Waals surface area contributed by atoms with E-state index in [9.17, 15) is 9.90 Å². The Balaban J connectivity index is 0.000000199. The summed E-state index contributed by atoms with van der Waals surface area (Å²) in [5, 5.41) is 10.3. The van der Waals surface area contributed by atoms with E-state index in [4.69, 9.17) is 0 Å². The van der Waals surface area contributed by atoms with Crippen LogP contribution in [0.15, 0.2) is 137 Å². The minimum Gasteiger partial charge on any atom is -0.545 e. The maximum atomic E-state index is 10.3. The summed E-state index contributed by atoms with van der Waals surface area (Å²) in [6, 6.07) is 38.5. The highest BCUT2D eigenvalue weighted by atomic mass is 32.2. The van der Waals surface area contributed by atoms with Crippen LogP contribution >= 0.6 is 0 Å². The fourth-order valence-electron chi connectivity index (χ4n) is 2.83. The Morgan fingerprint density at radius 3 is 1.30 bits per heavy atom. The van der Waals surface area contributed by atoms with Gasteiger partial charge in [0.15, 0.2) is 14.7 Å². The first-order chi connectivity index (χ1) is 14.7. The number of carboxylic acid groups (broad SMARTS) is 1. The molecule has 4 aromatic rings. The Bertz CT molecular complexity index is 966. The van der Waals surface area contributed by atoms with Crippen molar-refractivity contribution in [3.05, 3.63) is 133 Å². The fraction of sp³-hybridized carbons (Fsp3) is 0. The lowest BCUT2D eigenvalue weighted by Crippen LogP contribution is -2.21. The topological polar surface area (TPSA) is 40.1 Å². The zero-order chi connectivity index (χ0) is 21.2. The van der Waals surface area contributed by atoms with Crippen LogP contribution in [-0.2, 0) is 10.9 Å². The highest BCUT2D eigenvalue weighted by Crippen LogP contribution is 2.30. The normalized spacial score (nSPS) is 10.0. The van der Waals surface area contributed by atoms with Crippen molar-refractivity contribution in [2.24, 2.45) is 0 Å². The van der Waals surface area contributed by atoms with Crippen LogP contribution < -0.4 is 5.11 Å². The van der Waals surface area contributed by atoms with Crippen LogP contribution in [-0.4, -0.2) is 5.97 Å². The van der Waals surface area contributed by atoms with Crippen LogP contribution in [0.3, 0.4) is 0 Å². The second kappa shape index (κ2) is 10.8. The quantitative estimate of drug-likeness (QED) is 0.409. The van der Waals surface area contributed by atoms with Gasteiger partial charge in [0.05, 0.1) is 16.9 Å². The number of carboxylic acids is 1. The smallest absolute Gasteiger partial charge is 0.166 e. The van der Waals surface area contributed by atoms with Crippen molar-refractivity contribution >= 4 is 22.9 Å². The molecule has 0 N–H and O–H groups in total. The van der Waals surface area contributed by atoms with Crippen molar-refractivity contribution in [2.45, 2.75) is 14.7 Å². The minimum atomic E-state index is -1.15. The van der Waals surface area contributed by atoms with Crippen LogP contribution in [0.2, 0.25) is 0 Å². The van der Waals surface area contributed by atoms with E-state index in [1.54, 1.807) is 18.2 Å². The molecule has 0 spiro atoms. The molecule has 0 saturated carbocycles. The van der Waals surface area contributed by atoms with Gasteiger partial charge in [0.25, 0.3) is 0 Å². The van der Waals surface area contributed by atoms with E-state index in [1.807, 2.05) is 0 Å². The van der Waals surface area contributed by atoms with Gasteiger partial charge in [0.1, 0.15) is 0 Å². The van der Waals surface area contributed by atoms with Gasteiger partial charge in [-0.2, -0.15) is 0 Å². The molecule has 30 heavy (non-hydrogen) atoms. The molecular weight excluding hydrogens is 388 g/mol. The summed E-state index contributed by atoms with van der Waals surface area (Å²) in [5.74, 6) is -1.15. The lowest BCUT2D eigenvalue weighted by Gasteiger charge is -2.07. The standard InChI is InChI=1S/C18H15S.C9H8O2/c1-4-10-16(11-5-1)19(17-12-6-2-7-13-17)18-14-8-3-9-15-18;1-2-7-3-5-8(6-4-7)9(10)11/h1-15H;2-6H,1H2,(H,10,11)/q+1;/p-1. The summed E-state index contributed by atoms with van der Waals surface area (Å²) in [6.45, 7) is 3.54. The highest BCUT2D eigenvalue weighted by Gasteiger charge is 2.27. The predicted octanol–water partition coefficient (Wildman–Crippen LogP) is 5.48. The third kappa shape index (κ3) is 5.72. The van der Waals surface area contributed by atoms with Gasteiger partial charge >= 0.3 is 0 Å². The minimum absolute atomic E-state index is 0.0146. The molecule has 4 aromatic carbocycles. The lowest BCUT2D eigenvalue weighted by atomic mass is 10.1. The van der Waals surface area contributed by atoms with E-state index >= 15 is 0 Å². The molecule has 0 unspecified atom stereocenters. The number of carbonyl (C=O) groups is 1. The number of hydrogen-bond acceptors (Lipinski definition) is 2. The number of carbonyl (C=O) groups excluding carboxylic acids is 1. The van der Waals surface area contributed by atoms with Crippen molar-refractivity contribution < 1.29 is 9.90 Å². The number of rotatable bonds is 5. The van der Waals surface area contributed by atoms with E-state index < -0.39 is 5.97 Å². The molecule has 0 atom stereocenters. The third-order valence-electron chi connectivity index (χ3n) is 4.32. The molecule has 4 rings (SSSR count). The largest absolute Gasteiger partial charge is 0.545 e. The van der Waals surface area contributed by atoms with Crippen molar-refractivity contribution in [2.75, 3.05) is 0 Å². The number of aromatic carboxylic acids is 1. The molecule has 0 fully saturated rings. The highest BCUT2D eigenvalue weighted by molar-refractivity contribution is 7.97. The number of hydrogen-bond donors (Lipinski definition) is 0. The summed E-state index contributed by atoms with van der Waals surface area (Å²) < 4.78 is 0. The van der Waals surface area contributed by atoms with Gasteiger partial charge in [-0.15, -0.1) is 0 Å². The first-order valence-electron chi connectivity index (χ1n) is 9.52. The van der Waals surface area contributed by atoms with E-state index in [-0.39, 0.29) is 16.5 Å². The van der Waals surface area contributed by atoms with Gasteiger partial charge < -0.3 is 9.90 Å². The average molecular weight is 411 g/mol. The molecule has 0 bridgehead atoms. The van der Waals surface area contributed by atoms with Crippen molar-refractivity contribution in [1.82, 2.24) is 0 Å². The molecule has 0 saturated heterocycles. The molecule has 0 aliphatic carbocycles. The first kappa shape index (κ1) is 21.2. The summed E-state index contributed by atoms with van der Waals surface area (Å²) in [6.07, 6.45) is 1.65. The molecule has 0 aliphatic heterocycles. The van der Waals surface area contributed by atoms with E-state index in [0.29, 0.717) is 0 Å². The van der Waals surface area contributed by atoms with Crippen molar-refractivity contribution in [3.8, 4) is 0 Å². The van der Waals surface area contributed by atoms with Gasteiger partial charge in [-0.1, -0.05) is 91.5 Å². The van der Waals surface area contributed by atoms with Crippen LogP contribution in [0, 0.1) is 0 Å². The summed E-state index contributed by atoms with van der Waals surface area (Å²) in [5.41, 5.74) is 1.09. The maximum Gasteiger partial charge on any atom is 0.166 e. The molecule has 0 heterocycles. The molecule has 0 aliphatic rings. The zero-order valence-electron chi connectivity index (χ0n) is 16.5. The van der Waals surface area contributed by atoms with E-state index in [0.717, 1.165) is 5.56 Å². The van der Waals surface area contributed by atoms with Crippen molar-refractivity contribution in [1.29, 1.82) is 0 Å². The number of benzene rings is 4. The molecule has 0 radical (unpaired) electrons. The second-order valence-electron chi connectivity index (χ2n) is 6.36. The molecular formula is C27H22O2S. The third-order valence-corrected chi connectivity index (χ3v) is 6.55. The van der Waals surface area contributed by atoms with Crippen LogP contribution in [0.1, 0.15) is 15.9 Å². The summed E-state index contributed by atoms with van der Waals surface area (Å²) in [4.78, 5) is 14.3. The predicted molar refractivity (Wildman–Crippen MR) is 122 cm³/mol. The fourth-order valence-corrected chi connectivity index (χ4v) is 4.94. The van der Waals surface area contributed by atoms with Gasteiger partial charge in [0, 0.05) is 0 Å². The first-order valence-corrected chi connectivity index (χ1v) is 10.7. The molecule has 0 aromatic heterocycles. The van der Waals surface area contributed by atoms with Crippen LogP contribution in [0.25, 0.3) is 6.08 Å². The Kier molecular flexibility index (Phi) is 7.64. The Labute approximate surface area is 180 Å².